The number of hydrogen-bond donors (Lipinski definition) is 1. The quantitative estimate of drug-likeness (QED) is 0.909. The van der Waals surface area contributed by atoms with Gasteiger partial charge in [-0.15, -0.1) is 0 Å². The molecule has 0 bridgehead atoms. The van der Waals surface area contributed by atoms with Gasteiger partial charge in [-0.05, 0) is 25.0 Å². The molecule has 6 heteroatoms. The smallest absolute Gasteiger partial charge is 0.231 e. The molecule has 1 saturated heterocycles. The molecule has 1 aromatic heterocycles. The molecule has 2 aromatic rings. The van der Waals surface area contributed by atoms with Gasteiger partial charge in [0.2, 0.25) is 11.9 Å². The average molecular weight is 285 g/mol. The molecule has 1 aliphatic heterocycles. The Bertz CT molecular complexity index is 577. The lowest BCUT2D eigenvalue weighted by Gasteiger charge is -2.23. The highest BCUT2D eigenvalue weighted by Gasteiger charge is 2.26. The summed E-state index contributed by atoms with van der Waals surface area (Å²) in [6, 6.07) is 10.2. The summed E-state index contributed by atoms with van der Waals surface area (Å²) in [5, 5.41) is 3.19. The maximum absolute atomic E-state index is 5.27. The molecule has 1 aliphatic rings. The fraction of sp³-hybridized carbons (Fsp3) is 0.400. The number of hydrogen-bond acceptors (Lipinski definition) is 6. The van der Waals surface area contributed by atoms with Crippen LogP contribution < -0.4 is 10.2 Å². The summed E-state index contributed by atoms with van der Waals surface area (Å²) < 4.78 is 5.27. The van der Waals surface area contributed by atoms with E-state index in [-0.39, 0.29) is 0 Å². The van der Waals surface area contributed by atoms with Crippen LogP contribution in [-0.4, -0.2) is 41.3 Å². The van der Waals surface area contributed by atoms with Crippen molar-refractivity contribution in [2.45, 2.75) is 18.9 Å². The molecule has 1 fully saturated rings. The molecule has 1 aromatic carbocycles. The second-order valence-electron chi connectivity index (χ2n) is 5.04. The van der Waals surface area contributed by atoms with E-state index in [1.54, 1.807) is 13.4 Å². The molecule has 0 saturated carbocycles. The molecule has 0 unspecified atom stereocenters. The first-order valence-corrected chi connectivity index (χ1v) is 7.13. The molecule has 0 radical (unpaired) electrons. The number of nitrogens with zero attached hydrogens (tertiary/aromatic N) is 4. The molecule has 3 rings (SSSR count). The van der Waals surface area contributed by atoms with Crippen LogP contribution >= 0.6 is 0 Å². The van der Waals surface area contributed by atoms with E-state index in [4.69, 9.17) is 4.74 Å². The standard InChI is InChI=1S/C15H19N5O/c1-21-10-13-8-5-9-20(13)15-17-11-16-14(19-15)18-12-6-3-2-4-7-12/h2-4,6-7,11,13H,5,8-10H2,1H3,(H,16,17,18,19)/t13-/m1/s1. The summed E-state index contributed by atoms with van der Waals surface area (Å²) in [6.45, 7) is 1.66. The predicted octanol–water partition coefficient (Wildman–Crippen LogP) is 2.23. The summed E-state index contributed by atoms with van der Waals surface area (Å²) >= 11 is 0. The van der Waals surface area contributed by atoms with E-state index in [1.165, 1.54) is 0 Å². The van der Waals surface area contributed by atoms with E-state index < -0.39 is 0 Å². The van der Waals surface area contributed by atoms with Crippen molar-refractivity contribution in [3.05, 3.63) is 36.7 Å². The van der Waals surface area contributed by atoms with Crippen LogP contribution in [0.15, 0.2) is 36.7 Å². The normalized spacial score (nSPS) is 18.0. The van der Waals surface area contributed by atoms with Gasteiger partial charge in [0.25, 0.3) is 0 Å². The summed E-state index contributed by atoms with van der Waals surface area (Å²) in [7, 11) is 1.73. The third kappa shape index (κ3) is 3.28. The molecule has 2 heterocycles. The second kappa shape index (κ2) is 6.49. The van der Waals surface area contributed by atoms with Gasteiger partial charge in [0.1, 0.15) is 6.33 Å². The van der Waals surface area contributed by atoms with Crippen LogP contribution in [0, 0.1) is 0 Å². The fourth-order valence-corrected chi connectivity index (χ4v) is 2.60. The van der Waals surface area contributed by atoms with Crippen LogP contribution in [-0.2, 0) is 4.74 Å². The van der Waals surface area contributed by atoms with E-state index in [0.29, 0.717) is 24.5 Å². The summed E-state index contributed by atoms with van der Waals surface area (Å²) in [6.07, 6.45) is 3.80. The van der Waals surface area contributed by atoms with Gasteiger partial charge < -0.3 is 15.0 Å². The Morgan fingerprint density at radius 1 is 1.29 bits per heavy atom. The van der Waals surface area contributed by atoms with Crippen molar-refractivity contribution in [2.24, 2.45) is 0 Å². The van der Waals surface area contributed by atoms with Crippen LogP contribution in [0.4, 0.5) is 17.6 Å². The SMILES string of the molecule is COC[C@H]1CCCN1c1ncnc(Nc2ccccc2)n1. The Morgan fingerprint density at radius 3 is 2.95 bits per heavy atom. The summed E-state index contributed by atoms with van der Waals surface area (Å²) in [5.74, 6) is 1.28. The molecule has 0 aliphatic carbocycles. The number of para-hydroxylation sites is 1. The van der Waals surface area contributed by atoms with E-state index in [2.05, 4.69) is 25.2 Å². The zero-order chi connectivity index (χ0) is 14.5. The minimum absolute atomic E-state index is 0.349. The predicted molar refractivity (Wildman–Crippen MR) is 81.8 cm³/mol. The third-order valence-corrected chi connectivity index (χ3v) is 3.58. The van der Waals surface area contributed by atoms with Gasteiger partial charge in [0.05, 0.1) is 12.6 Å². The maximum atomic E-state index is 5.27. The van der Waals surface area contributed by atoms with Gasteiger partial charge in [-0.1, -0.05) is 18.2 Å². The maximum Gasteiger partial charge on any atom is 0.231 e. The Hall–Kier alpha value is -2.21. The van der Waals surface area contributed by atoms with Crippen LogP contribution in [0.3, 0.4) is 0 Å². The van der Waals surface area contributed by atoms with Crippen LogP contribution in [0.1, 0.15) is 12.8 Å². The minimum atomic E-state index is 0.349. The number of benzene rings is 1. The Morgan fingerprint density at radius 2 is 2.14 bits per heavy atom. The fourth-order valence-electron chi connectivity index (χ4n) is 2.60. The molecule has 21 heavy (non-hydrogen) atoms. The van der Waals surface area contributed by atoms with Gasteiger partial charge in [0, 0.05) is 19.3 Å². The van der Waals surface area contributed by atoms with Gasteiger partial charge in [-0.25, -0.2) is 9.97 Å². The zero-order valence-electron chi connectivity index (χ0n) is 12.1. The number of ether oxygens (including phenoxy) is 1. The Kier molecular flexibility index (Phi) is 4.25. The molecule has 6 nitrogen and oxygen atoms in total. The van der Waals surface area contributed by atoms with Crippen molar-refractivity contribution in [3.8, 4) is 0 Å². The van der Waals surface area contributed by atoms with Crippen LogP contribution in [0.25, 0.3) is 0 Å². The van der Waals surface area contributed by atoms with Gasteiger partial charge in [-0.3, -0.25) is 0 Å². The zero-order valence-corrected chi connectivity index (χ0v) is 12.1. The summed E-state index contributed by atoms with van der Waals surface area (Å²) in [4.78, 5) is 15.2. The highest BCUT2D eigenvalue weighted by Crippen LogP contribution is 2.23. The van der Waals surface area contributed by atoms with Gasteiger partial charge >= 0.3 is 0 Å². The molecule has 110 valence electrons. The molecular formula is C15H19N5O. The first kappa shape index (κ1) is 13.8. The van der Waals surface area contributed by atoms with Crippen molar-refractivity contribution in [1.82, 2.24) is 15.0 Å². The lowest BCUT2D eigenvalue weighted by molar-refractivity contribution is 0.180. The summed E-state index contributed by atoms with van der Waals surface area (Å²) in [5.41, 5.74) is 0.963. The van der Waals surface area contributed by atoms with E-state index in [0.717, 1.165) is 25.1 Å². The van der Waals surface area contributed by atoms with Crippen molar-refractivity contribution in [3.63, 3.8) is 0 Å². The number of aromatic nitrogens is 3. The largest absolute Gasteiger partial charge is 0.383 e. The average Bonchev–Trinajstić information content (AvgIpc) is 2.97. The van der Waals surface area contributed by atoms with Crippen molar-refractivity contribution >= 4 is 17.6 Å². The van der Waals surface area contributed by atoms with Crippen LogP contribution in [0.5, 0.6) is 0 Å². The number of rotatable bonds is 5. The molecule has 0 amide bonds. The Balaban J connectivity index is 1.77. The molecule has 1 atom stereocenters. The third-order valence-electron chi connectivity index (χ3n) is 3.58. The van der Waals surface area contributed by atoms with Crippen molar-refractivity contribution < 1.29 is 4.74 Å². The molecule has 1 N–H and O–H groups in total. The second-order valence-corrected chi connectivity index (χ2v) is 5.04. The topological polar surface area (TPSA) is 63.2 Å². The molecular weight excluding hydrogens is 266 g/mol. The number of anilines is 3. The van der Waals surface area contributed by atoms with E-state index in [9.17, 15) is 0 Å². The van der Waals surface area contributed by atoms with Gasteiger partial charge in [-0.2, -0.15) is 4.98 Å². The van der Waals surface area contributed by atoms with E-state index >= 15 is 0 Å². The molecule has 0 spiro atoms. The van der Waals surface area contributed by atoms with Crippen LogP contribution in [0.2, 0.25) is 0 Å². The number of nitrogens with one attached hydrogen (secondary N) is 1. The highest BCUT2D eigenvalue weighted by molar-refractivity contribution is 5.53. The highest BCUT2D eigenvalue weighted by atomic mass is 16.5. The first-order chi connectivity index (χ1) is 10.4. The van der Waals surface area contributed by atoms with E-state index in [1.807, 2.05) is 30.3 Å². The minimum Gasteiger partial charge on any atom is -0.383 e. The van der Waals surface area contributed by atoms with Gasteiger partial charge in [0.15, 0.2) is 0 Å². The van der Waals surface area contributed by atoms with Crippen molar-refractivity contribution in [2.75, 3.05) is 30.5 Å². The monoisotopic (exact) mass is 285 g/mol. The lowest BCUT2D eigenvalue weighted by atomic mass is 10.2. The lowest BCUT2D eigenvalue weighted by Crippen LogP contribution is -2.34. The Labute approximate surface area is 124 Å². The van der Waals surface area contributed by atoms with Crippen molar-refractivity contribution in [1.29, 1.82) is 0 Å². The first-order valence-electron chi connectivity index (χ1n) is 7.13. The number of methoxy groups -OCH3 is 1.